The van der Waals surface area contributed by atoms with Crippen LogP contribution in [-0.4, -0.2) is 18.2 Å². The summed E-state index contributed by atoms with van der Waals surface area (Å²) in [6.45, 7) is 3.94. The maximum atomic E-state index is 11.2. The van der Waals surface area contributed by atoms with Crippen LogP contribution in [0.5, 0.6) is 0 Å². The first-order chi connectivity index (χ1) is 5.83. The average Bonchev–Trinajstić information content (AvgIpc) is 2.38. The fourth-order valence-electron chi connectivity index (χ4n) is 3.43. The van der Waals surface area contributed by atoms with Crippen molar-refractivity contribution in [2.75, 3.05) is 0 Å². The van der Waals surface area contributed by atoms with Crippen molar-refractivity contribution >= 4 is 10.1 Å². The molecule has 3 unspecified atom stereocenters. The Kier molecular flexibility index (Phi) is 1.81. The molecule has 76 valence electrons. The molecule has 2 bridgehead atoms. The van der Waals surface area contributed by atoms with E-state index in [4.69, 9.17) is 4.55 Å². The molecule has 2 aliphatic rings. The summed E-state index contributed by atoms with van der Waals surface area (Å²) in [6, 6.07) is 0. The van der Waals surface area contributed by atoms with Gasteiger partial charge in [-0.1, -0.05) is 13.8 Å². The Hall–Kier alpha value is -0.0900. The van der Waals surface area contributed by atoms with Crippen LogP contribution in [0.2, 0.25) is 0 Å². The van der Waals surface area contributed by atoms with Crippen molar-refractivity contribution in [3.8, 4) is 0 Å². The summed E-state index contributed by atoms with van der Waals surface area (Å²) < 4.78 is 31.5. The van der Waals surface area contributed by atoms with E-state index in [0.29, 0.717) is 5.92 Å². The lowest BCUT2D eigenvalue weighted by Crippen LogP contribution is -2.41. The first-order valence-electron chi connectivity index (χ1n) is 4.80. The summed E-state index contributed by atoms with van der Waals surface area (Å²) in [4.78, 5) is 0. The van der Waals surface area contributed by atoms with E-state index in [1.54, 1.807) is 0 Å². The van der Waals surface area contributed by atoms with E-state index >= 15 is 0 Å². The Balaban J connectivity index is 2.40. The number of rotatable bonds is 1. The zero-order valence-electron chi connectivity index (χ0n) is 8.03. The Morgan fingerprint density at radius 2 is 1.92 bits per heavy atom. The van der Waals surface area contributed by atoms with Crippen LogP contribution in [0.3, 0.4) is 0 Å². The molecule has 2 saturated carbocycles. The van der Waals surface area contributed by atoms with Crippen molar-refractivity contribution in [3.05, 3.63) is 0 Å². The molecular weight excluding hydrogens is 188 g/mol. The van der Waals surface area contributed by atoms with Crippen molar-refractivity contribution in [1.29, 1.82) is 0 Å². The third-order valence-electron chi connectivity index (χ3n) is 4.01. The van der Waals surface area contributed by atoms with Gasteiger partial charge in [0.2, 0.25) is 0 Å². The van der Waals surface area contributed by atoms with Gasteiger partial charge >= 0.3 is 0 Å². The molecule has 0 aromatic rings. The van der Waals surface area contributed by atoms with Crippen molar-refractivity contribution < 1.29 is 13.0 Å². The summed E-state index contributed by atoms with van der Waals surface area (Å²) >= 11 is 0. The summed E-state index contributed by atoms with van der Waals surface area (Å²) in [7, 11) is -3.84. The van der Waals surface area contributed by atoms with Crippen LogP contribution in [0, 0.1) is 17.3 Å². The molecule has 3 atom stereocenters. The van der Waals surface area contributed by atoms with E-state index < -0.39 is 15.4 Å². The molecule has 4 heteroatoms. The molecule has 3 nitrogen and oxygen atoms in total. The Bertz CT molecular complexity index is 318. The second-order valence-corrected chi connectivity index (χ2v) is 6.56. The minimum Gasteiger partial charge on any atom is -0.285 e. The molecule has 0 saturated heterocycles. The lowest BCUT2D eigenvalue weighted by molar-refractivity contribution is 0.213. The maximum absolute atomic E-state index is 11.2. The molecule has 0 aromatic heterocycles. The van der Waals surface area contributed by atoms with E-state index in [1.165, 1.54) is 0 Å². The SMILES string of the molecule is CC1(C)C2CCC(C2)C1S(=O)(=O)O. The molecule has 2 fully saturated rings. The van der Waals surface area contributed by atoms with Crippen LogP contribution >= 0.6 is 0 Å². The first-order valence-corrected chi connectivity index (χ1v) is 6.30. The van der Waals surface area contributed by atoms with E-state index in [0.717, 1.165) is 19.3 Å². The van der Waals surface area contributed by atoms with Gasteiger partial charge in [0.15, 0.2) is 0 Å². The van der Waals surface area contributed by atoms with Gasteiger partial charge in [0.25, 0.3) is 10.1 Å². The van der Waals surface area contributed by atoms with Gasteiger partial charge in [-0.05, 0) is 36.5 Å². The summed E-state index contributed by atoms with van der Waals surface area (Å²) in [5.41, 5.74) is -0.226. The van der Waals surface area contributed by atoms with Gasteiger partial charge in [-0.25, -0.2) is 0 Å². The first kappa shape index (κ1) is 9.46. The van der Waals surface area contributed by atoms with E-state index in [2.05, 4.69) is 0 Å². The predicted octanol–water partition coefficient (Wildman–Crippen LogP) is 1.70. The molecular formula is C9H16O3S. The molecule has 0 amide bonds. The Morgan fingerprint density at radius 1 is 1.31 bits per heavy atom. The Morgan fingerprint density at radius 3 is 2.23 bits per heavy atom. The lowest BCUT2D eigenvalue weighted by Gasteiger charge is -2.35. The highest BCUT2D eigenvalue weighted by atomic mass is 32.2. The van der Waals surface area contributed by atoms with E-state index in [9.17, 15) is 8.42 Å². The summed E-state index contributed by atoms with van der Waals surface area (Å²) in [5.74, 6) is 0.694. The van der Waals surface area contributed by atoms with Crippen molar-refractivity contribution in [1.82, 2.24) is 0 Å². The van der Waals surface area contributed by atoms with Crippen LogP contribution in [0.25, 0.3) is 0 Å². The van der Waals surface area contributed by atoms with Crippen LogP contribution in [-0.2, 0) is 10.1 Å². The van der Waals surface area contributed by atoms with Gasteiger partial charge < -0.3 is 0 Å². The third-order valence-corrected chi connectivity index (χ3v) is 5.64. The fraction of sp³-hybridized carbons (Fsp3) is 1.00. The standard InChI is InChI=1S/C9H16O3S/c1-9(2)7-4-3-6(5-7)8(9)13(10,11)12/h6-8H,3-5H2,1-2H3,(H,10,11,12). The number of fused-ring (bicyclic) bond motifs is 2. The van der Waals surface area contributed by atoms with Gasteiger partial charge in [-0.2, -0.15) is 8.42 Å². The molecule has 0 aliphatic heterocycles. The van der Waals surface area contributed by atoms with Gasteiger partial charge in [0.1, 0.15) is 0 Å². The topological polar surface area (TPSA) is 54.4 Å². The van der Waals surface area contributed by atoms with E-state index in [-0.39, 0.29) is 11.3 Å². The van der Waals surface area contributed by atoms with Crippen molar-refractivity contribution in [3.63, 3.8) is 0 Å². The highest BCUT2D eigenvalue weighted by molar-refractivity contribution is 7.86. The number of hydrogen-bond donors (Lipinski definition) is 1. The quantitative estimate of drug-likeness (QED) is 0.661. The smallest absolute Gasteiger partial charge is 0.268 e. The van der Waals surface area contributed by atoms with Gasteiger partial charge in [-0.3, -0.25) is 4.55 Å². The Labute approximate surface area is 79.3 Å². The van der Waals surface area contributed by atoms with Gasteiger partial charge in [0.05, 0.1) is 5.25 Å². The highest BCUT2D eigenvalue weighted by Gasteiger charge is 2.57. The minimum atomic E-state index is -3.84. The second-order valence-electron chi connectivity index (χ2n) is 5.03. The van der Waals surface area contributed by atoms with Crippen molar-refractivity contribution in [2.24, 2.45) is 17.3 Å². The summed E-state index contributed by atoms with van der Waals surface area (Å²) in [6.07, 6.45) is 3.08. The molecule has 2 rings (SSSR count). The van der Waals surface area contributed by atoms with Gasteiger partial charge in [-0.15, -0.1) is 0 Å². The zero-order valence-corrected chi connectivity index (χ0v) is 8.84. The second kappa shape index (κ2) is 2.48. The molecule has 0 heterocycles. The lowest BCUT2D eigenvalue weighted by atomic mass is 9.76. The normalized spacial score (nSPS) is 42.5. The third kappa shape index (κ3) is 1.22. The zero-order chi connectivity index (χ0) is 9.85. The molecule has 0 aromatic carbocycles. The van der Waals surface area contributed by atoms with E-state index in [1.807, 2.05) is 13.8 Å². The molecule has 1 N–H and O–H groups in total. The molecule has 2 aliphatic carbocycles. The fourth-order valence-corrected chi connectivity index (χ4v) is 5.13. The molecule has 13 heavy (non-hydrogen) atoms. The van der Waals surface area contributed by atoms with Crippen LogP contribution < -0.4 is 0 Å². The van der Waals surface area contributed by atoms with Gasteiger partial charge in [0, 0.05) is 0 Å². The maximum Gasteiger partial charge on any atom is 0.268 e. The highest BCUT2D eigenvalue weighted by Crippen LogP contribution is 2.57. The van der Waals surface area contributed by atoms with Crippen LogP contribution in [0.1, 0.15) is 33.1 Å². The van der Waals surface area contributed by atoms with Crippen LogP contribution in [0.4, 0.5) is 0 Å². The minimum absolute atomic E-state index is 0.204. The number of hydrogen-bond acceptors (Lipinski definition) is 2. The average molecular weight is 204 g/mol. The summed E-state index contributed by atoms with van der Waals surface area (Å²) in [5, 5.41) is -0.515. The van der Waals surface area contributed by atoms with Crippen LogP contribution in [0.15, 0.2) is 0 Å². The largest absolute Gasteiger partial charge is 0.285 e. The van der Waals surface area contributed by atoms with Crippen molar-refractivity contribution in [2.45, 2.75) is 38.4 Å². The predicted molar refractivity (Wildman–Crippen MR) is 49.9 cm³/mol. The molecule has 0 spiro atoms. The molecule has 0 radical (unpaired) electrons. The monoisotopic (exact) mass is 204 g/mol.